The van der Waals surface area contributed by atoms with Gasteiger partial charge in [-0.15, -0.1) is 0 Å². The quantitative estimate of drug-likeness (QED) is 0.364. The average Bonchev–Trinajstić information content (AvgIpc) is 3.33. The molecule has 7 nitrogen and oxygen atoms in total. The van der Waals surface area contributed by atoms with Crippen LogP contribution >= 0.6 is 0 Å². The molecule has 0 aliphatic heterocycles. The van der Waals surface area contributed by atoms with Crippen molar-refractivity contribution >= 4 is 21.6 Å². The largest absolute Gasteiger partial charge is 0.304 e. The van der Waals surface area contributed by atoms with Crippen molar-refractivity contribution < 1.29 is 13.2 Å². The molecule has 0 saturated heterocycles. The maximum Gasteiger partial charge on any atom is 0.260 e. The lowest BCUT2D eigenvalue weighted by atomic mass is 10.1. The number of amides is 1. The van der Waals surface area contributed by atoms with Gasteiger partial charge in [-0.3, -0.25) is 14.8 Å². The summed E-state index contributed by atoms with van der Waals surface area (Å²) >= 11 is 0. The standard InChI is InChI=1S/C29H28N4O3S/c1-2-21-7-12-26(13-8-21)37(35,36)32-28-14-10-23-9-11-25(17-27(23)28)33(20-22-5-3-15-30-18-22)29(34)24-6-4-16-31-19-24/h3-9,11-13,15-19,28,32H,2,10,14,20H2,1H3. The number of fused-ring (bicyclic) bond motifs is 1. The second-order valence-corrected chi connectivity index (χ2v) is 10.8. The first-order valence-electron chi connectivity index (χ1n) is 12.3. The van der Waals surface area contributed by atoms with Gasteiger partial charge in [0.05, 0.1) is 17.0 Å². The fraction of sp³-hybridized carbons (Fsp3) is 0.207. The topological polar surface area (TPSA) is 92.3 Å². The lowest BCUT2D eigenvalue weighted by Crippen LogP contribution is -2.31. The number of hydrogen-bond acceptors (Lipinski definition) is 5. The van der Waals surface area contributed by atoms with Crippen LogP contribution < -0.4 is 9.62 Å². The number of benzene rings is 2. The Kier molecular flexibility index (Phi) is 7.12. The minimum absolute atomic E-state index is 0.192. The molecule has 0 fully saturated rings. The van der Waals surface area contributed by atoms with Crippen LogP contribution in [0, 0.1) is 0 Å². The maximum absolute atomic E-state index is 13.6. The number of nitrogens with zero attached hydrogens (tertiary/aromatic N) is 3. The summed E-state index contributed by atoms with van der Waals surface area (Å²) in [5.74, 6) is -0.192. The molecular weight excluding hydrogens is 484 g/mol. The van der Waals surface area contributed by atoms with Gasteiger partial charge in [0.25, 0.3) is 5.91 Å². The van der Waals surface area contributed by atoms with Crippen molar-refractivity contribution in [3.05, 3.63) is 119 Å². The molecule has 1 unspecified atom stereocenters. The number of anilines is 1. The molecular formula is C29H28N4O3S. The highest BCUT2D eigenvalue weighted by Gasteiger charge is 2.29. The molecule has 1 aliphatic rings. The Hall–Kier alpha value is -3.88. The maximum atomic E-state index is 13.6. The third-order valence-corrected chi connectivity index (χ3v) is 8.16. The monoisotopic (exact) mass is 512 g/mol. The summed E-state index contributed by atoms with van der Waals surface area (Å²) in [5.41, 5.74) is 5.10. The van der Waals surface area contributed by atoms with Gasteiger partial charge in [0, 0.05) is 36.5 Å². The highest BCUT2D eigenvalue weighted by atomic mass is 32.2. The highest BCUT2D eigenvalue weighted by molar-refractivity contribution is 7.89. The van der Waals surface area contributed by atoms with E-state index >= 15 is 0 Å². The van der Waals surface area contributed by atoms with Crippen LogP contribution in [-0.4, -0.2) is 24.3 Å². The molecule has 0 spiro atoms. The number of carbonyl (C=O) groups excluding carboxylic acids is 1. The Morgan fingerprint density at radius 3 is 2.41 bits per heavy atom. The van der Waals surface area contributed by atoms with E-state index < -0.39 is 10.0 Å². The zero-order valence-electron chi connectivity index (χ0n) is 20.5. The van der Waals surface area contributed by atoms with Gasteiger partial charge < -0.3 is 4.90 Å². The van der Waals surface area contributed by atoms with Crippen molar-refractivity contribution in [1.82, 2.24) is 14.7 Å². The summed E-state index contributed by atoms with van der Waals surface area (Å²) in [5, 5.41) is 0. The minimum atomic E-state index is -3.70. The predicted molar refractivity (Wildman–Crippen MR) is 143 cm³/mol. The van der Waals surface area contributed by atoms with Crippen molar-refractivity contribution in [1.29, 1.82) is 0 Å². The molecule has 2 aromatic heterocycles. The number of carbonyl (C=O) groups is 1. The zero-order valence-corrected chi connectivity index (χ0v) is 21.4. The van der Waals surface area contributed by atoms with Crippen LogP contribution in [0.25, 0.3) is 0 Å². The van der Waals surface area contributed by atoms with Gasteiger partial charge in [-0.2, -0.15) is 0 Å². The third-order valence-electron chi connectivity index (χ3n) is 6.68. The van der Waals surface area contributed by atoms with Crippen molar-refractivity contribution in [2.45, 2.75) is 43.7 Å². The summed E-state index contributed by atoms with van der Waals surface area (Å²) in [6, 6.07) is 19.7. The SMILES string of the molecule is CCc1ccc(S(=O)(=O)NC2CCc3ccc(N(Cc4cccnc4)C(=O)c4cccnc4)cc32)cc1. The highest BCUT2D eigenvalue weighted by Crippen LogP contribution is 2.36. The molecule has 188 valence electrons. The number of nitrogens with one attached hydrogen (secondary N) is 1. The van der Waals surface area contributed by atoms with Crippen LogP contribution in [0.3, 0.4) is 0 Å². The molecule has 2 heterocycles. The van der Waals surface area contributed by atoms with Crippen molar-refractivity contribution in [2.24, 2.45) is 0 Å². The summed E-state index contributed by atoms with van der Waals surface area (Å²) in [4.78, 5) is 23.8. The van der Waals surface area contributed by atoms with E-state index in [1.807, 2.05) is 49.4 Å². The van der Waals surface area contributed by atoms with E-state index in [0.717, 1.165) is 35.1 Å². The van der Waals surface area contributed by atoms with E-state index in [9.17, 15) is 13.2 Å². The van der Waals surface area contributed by atoms with Crippen LogP contribution in [0.15, 0.2) is 96.4 Å². The Morgan fingerprint density at radius 1 is 0.973 bits per heavy atom. The average molecular weight is 513 g/mol. The normalized spacial score (nSPS) is 14.8. The first-order valence-corrected chi connectivity index (χ1v) is 13.8. The summed E-state index contributed by atoms with van der Waals surface area (Å²) in [7, 11) is -3.70. The molecule has 1 atom stereocenters. The van der Waals surface area contributed by atoms with Gasteiger partial charge in [-0.05, 0) is 84.0 Å². The molecule has 5 rings (SSSR count). The fourth-order valence-electron chi connectivity index (χ4n) is 4.64. The van der Waals surface area contributed by atoms with Gasteiger partial charge in [-0.25, -0.2) is 13.1 Å². The molecule has 4 aromatic rings. The van der Waals surface area contributed by atoms with Crippen molar-refractivity contribution in [3.63, 3.8) is 0 Å². The minimum Gasteiger partial charge on any atom is -0.304 e. The van der Waals surface area contributed by atoms with Gasteiger partial charge >= 0.3 is 0 Å². The van der Waals surface area contributed by atoms with E-state index in [1.54, 1.807) is 54.0 Å². The number of rotatable bonds is 8. The molecule has 0 radical (unpaired) electrons. The lowest BCUT2D eigenvalue weighted by molar-refractivity contribution is 0.0984. The Morgan fingerprint density at radius 2 is 1.73 bits per heavy atom. The molecule has 1 aliphatic carbocycles. The van der Waals surface area contributed by atoms with Gasteiger partial charge in [0.15, 0.2) is 0 Å². The van der Waals surface area contributed by atoms with Crippen molar-refractivity contribution in [3.8, 4) is 0 Å². The van der Waals surface area contributed by atoms with E-state index in [0.29, 0.717) is 24.2 Å². The lowest BCUT2D eigenvalue weighted by Gasteiger charge is -2.24. The molecule has 2 aromatic carbocycles. The van der Waals surface area contributed by atoms with E-state index in [4.69, 9.17) is 0 Å². The summed E-state index contributed by atoms with van der Waals surface area (Å²) in [6.45, 7) is 2.35. The smallest absolute Gasteiger partial charge is 0.260 e. The number of sulfonamides is 1. The van der Waals surface area contributed by atoms with Crippen LogP contribution in [0.4, 0.5) is 5.69 Å². The van der Waals surface area contributed by atoms with E-state index in [2.05, 4.69) is 14.7 Å². The molecule has 0 bridgehead atoms. The van der Waals surface area contributed by atoms with Crippen molar-refractivity contribution in [2.75, 3.05) is 4.90 Å². The molecule has 1 amide bonds. The predicted octanol–water partition coefficient (Wildman–Crippen LogP) is 4.85. The number of hydrogen-bond donors (Lipinski definition) is 1. The molecule has 37 heavy (non-hydrogen) atoms. The third kappa shape index (κ3) is 5.45. The summed E-state index contributed by atoms with van der Waals surface area (Å²) < 4.78 is 29.2. The van der Waals surface area contributed by atoms with Crippen LogP contribution in [0.5, 0.6) is 0 Å². The van der Waals surface area contributed by atoms with Crippen LogP contribution in [0.2, 0.25) is 0 Å². The Bertz CT molecular complexity index is 1490. The van der Waals surface area contributed by atoms with Gasteiger partial charge in [0.2, 0.25) is 10.0 Å². The second kappa shape index (κ2) is 10.6. The first-order chi connectivity index (χ1) is 17.9. The first kappa shape index (κ1) is 24.8. The molecule has 8 heteroatoms. The van der Waals surface area contributed by atoms with Gasteiger partial charge in [0.1, 0.15) is 0 Å². The second-order valence-electron chi connectivity index (χ2n) is 9.09. The molecule has 0 saturated carbocycles. The fourth-order valence-corrected chi connectivity index (χ4v) is 5.89. The van der Waals surface area contributed by atoms with Crippen LogP contribution in [0.1, 0.15) is 52.0 Å². The summed E-state index contributed by atoms with van der Waals surface area (Å²) in [6.07, 6.45) is 8.87. The number of pyridine rings is 2. The Labute approximate surface area is 217 Å². The van der Waals surface area contributed by atoms with Crippen LogP contribution in [-0.2, 0) is 29.4 Å². The molecule has 1 N–H and O–H groups in total. The number of aryl methyl sites for hydroxylation is 2. The van der Waals surface area contributed by atoms with E-state index in [-0.39, 0.29) is 16.8 Å². The van der Waals surface area contributed by atoms with Gasteiger partial charge in [-0.1, -0.05) is 31.2 Å². The van der Waals surface area contributed by atoms with E-state index in [1.165, 1.54) is 0 Å². The Balaban J connectivity index is 1.46. The number of aromatic nitrogens is 2. The zero-order chi connectivity index (χ0) is 25.8.